The van der Waals surface area contributed by atoms with Crippen LogP contribution in [0.1, 0.15) is 62.7 Å². The molecule has 2 atom stereocenters. The Morgan fingerprint density at radius 1 is 1.36 bits per heavy atom. The SMILES string of the molecule is CCCCC(CC)CNC(=O)c1ccc(Cl)c(S(=O)(=O)NCC2CCCO2)c1. The van der Waals surface area contributed by atoms with Gasteiger partial charge in [0.25, 0.3) is 5.91 Å². The maximum atomic E-state index is 12.6. The maximum Gasteiger partial charge on any atom is 0.251 e. The number of carbonyl (C=O) groups is 1. The predicted octanol–water partition coefficient (Wildman–Crippen LogP) is 3.74. The van der Waals surface area contributed by atoms with E-state index >= 15 is 0 Å². The van der Waals surface area contributed by atoms with Crippen LogP contribution in [0, 0.1) is 5.92 Å². The lowest BCUT2D eigenvalue weighted by Gasteiger charge is -2.16. The van der Waals surface area contributed by atoms with E-state index in [-0.39, 0.29) is 34.0 Å². The van der Waals surface area contributed by atoms with E-state index in [1.807, 2.05) is 0 Å². The third kappa shape index (κ3) is 6.72. The van der Waals surface area contributed by atoms with Gasteiger partial charge in [0.15, 0.2) is 0 Å². The summed E-state index contributed by atoms with van der Waals surface area (Å²) in [5.41, 5.74) is 0.284. The summed E-state index contributed by atoms with van der Waals surface area (Å²) in [5, 5.41) is 3.01. The van der Waals surface area contributed by atoms with Crippen molar-refractivity contribution in [2.45, 2.75) is 63.4 Å². The number of ether oxygens (including phenoxy) is 1. The normalized spacial score (nSPS) is 18.2. The highest BCUT2D eigenvalue weighted by molar-refractivity contribution is 7.89. The molecule has 0 saturated carbocycles. The Balaban J connectivity index is 2.03. The molecular weight excluding hydrogens is 400 g/mol. The van der Waals surface area contributed by atoms with Crippen LogP contribution in [-0.2, 0) is 14.8 Å². The summed E-state index contributed by atoms with van der Waals surface area (Å²) in [4.78, 5) is 12.4. The summed E-state index contributed by atoms with van der Waals surface area (Å²) in [6, 6.07) is 4.33. The molecule has 1 saturated heterocycles. The smallest absolute Gasteiger partial charge is 0.251 e. The second-order valence-electron chi connectivity index (χ2n) is 7.26. The van der Waals surface area contributed by atoms with Crippen LogP contribution in [0.3, 0.4) is 0 Å². The summed E-state index contributed by atoms with van der Waals surface area (Å²) in [5.74, 6) is 0.134. The molecule has 8 heteroatoms. The fourth-order valence-corrected chi connectivity index (χ4v) is 4.81. The third-order valence-corrected chi connectivity index (χ3v) is 7.01. The monoisotopic (exact) mass is 430 g/mol. The van der Waals surface area contributed by atoms with E-state index in [0.29, 0.717) is 19.1 Å². The molecule has 1 aromatic carbocycles. The summed E-state index contributed by atoms with van der Waals surface area (Å²) < 4.78 is 33.2. The Kier molecular flexibility index (Phi) is 9.21. The van der Waals surface area contributed by atoms with Gasteiger partial charge in [-0.25, -0.2) is 13.1 Å². The zero-order valence-electron chi connectivity index (χ0n) is 16.7. The number of halogens is 1. The minimum absolute atomic E-state index is 0.0853. The topological polar surface area (TPSA) is 84.5 Å². The summed E-state index contributed by atoms with van der Waals surface area (Å²) in [7, 11) is -3.82. The van der Waals surface area contributed by atoms with E-state index in [1.54, 1.807) is 6.07 Å². The lowest BCUT2D eigenvalue weighted by molar-refractivity contribution is 0.0945. The van der Waals surface area contributed by atoms with E-state index < -0.39 is 10.0 Å². The molecule has 28 heavy (non-hydrogen) atoms. The molecule has 1 aromatic rings. The first-order valence-electron chi connectivity index (χ1n) is 10.1. The van der Waals surface area contributed by atoms with Gasteiger partial charge in [0, 0.05) is 25.3 Å². The molecule has 0 radical (unpaired) electrons. The molecule has 1 aliphatic heterocycles. The summed E-state index contributed by atoms with van der Waals surface area (Å²) in [6.07, 6.45) is 5.97. The van der Waals surface area contributed by atoms with Gasteiger partial charge in [0.2, 0.25) is 10.0 Å². The van der Waals surface area contributed by atoms with Crippen LogP contribution in [0.4, 0.5) is 0 Å². The first-order valence-corrected chi connectivity index (χ1v) is 11.9. The molecule has 2 unspecified atom stereocenters. The van der Waals surface area contributed by atoms with Crippen molar-refractivity contribution in [1.82, 2.24) is 10.0 Å². The quantitative estimate of drug-likeness (QED) is 0.560. The van der Waals surface area contributed by atoms with Crippen molar-refractivity contribution in [2.75, 3.05) is 19.7 Å². The second kappa shape index (κ2) is 11.1. The molecule has 6 nitrogen and oxygen atoms in total. The van der Waals surface area contributed by atoms with Crippen LogP contribution in [0.15, 0.2) is 23.1 Å². The number of sulfonamides is 1. The fourth-order valence-electron chi connectivity index (χ4n) is 3.22. The van der Waals surface area contributed by atoms with Crippen LogP contribution < -0.4 is 10.0 Å². The zero-order chi connectivity index (χ0) is 20.6. The Bertz CT molecular complexity index is 749. The number of unbranched alkanes of at least 4 members (excludes halogenated alkanes) is 1. The second-order valence-corrected chi connectivity index (χ2v) is 9.40. The molecule has 0 aromatic heterocycles. The number of carbonyl (C=O) groups excluding carboxylic acids is 1. The lowest BCUT2D eigenvalue weighted by atomic mass is 9.99. The number of nitrogens with one attached hydrogen (secondary N) is 2. The van der Waals surface area contributed by atoms with Crippen molar-refractivity contribution in [3.63, 3.8) is 0 Å². The Morgan fingerprint density at radius 2 is 2.14 bits per heavy atom. The van der Waals surface area contributed by atoms with E-state index in [9.17, 15) is 13.2 Å². The van der Waals surface area contributed by atoms with Crippen molar-refractivity contribution < 1.29 is 17.9 Å². The number of hydrogen-bond donors (Lipinski definition) is 2. The van der Waals surface area contributed by atoms with Crippen molar-refractivity contribution in [3.05, 3.63) is 28.8 Å². The van der Waals surface area contributed by atoms with Gasteiger partial charge in [0.05, 0.1) is 11.1 Å². The minimum atomic E-state index is -3.82. The van der Waals surface area contributed by atoms with Crippen molar-refractivity contribution in [3.8, 4) is 0 Å². The highest BCUT2D eigenvalue weighted by atomic mass is 35.5. The first kappa shape index (κ1) is 23.1. The largest absolute Gasteiger partial charge is 0.377 e. The van der Waals surface area contributed by atoms with Crippen LogP contribution in [0.5, 0.6) is 0 Å². The predicted molar refractivity (Wildman–Crippen MR) is 111 cm³/mol. The molecule has 2 N–H and O–H groups in total. The van der Waals surface area contributed by atoms with Crippen LogP contribution in [0.2, 0.25) is 5.02 Å². The van der Waals surface area contributed by atoms with Crippen molar-refractivity contribution >= 4 is 27.5 Å². The minimum Gasteiger partial charge on any atom is -0.377 e. The van der Waals surface area contributed by atoms with Crippen molar-refractivity contribution in [1.29, 1.82) is 0 Å². The zero-order valence-corrected chi connectivity index (χ0v) is 18.2. The maximum absolute atomic E-state index is 12.6. The average molecular weight is 431 g/mol. The van der Waals surface area contributed by atoms with Gasteiger partial charge >= 0.3 is 0 Å². The first-order chi connectivity index (χ1) is 13.4. The standard InChI is InChI=1S/C20H31ClN2O4S/c1-3-5-7-15(4-2)13-22-20(24)16-9-10-18(21)19(12-16)28(25,26)23-14-17-8-6-11-27-17/h9-10,12,15,17,23H,3-8,11,13-14H2,1-2H3,(H,22,24). The highest BCUT2D eigenvalue weighted by Crippen LogP contribution is 2.23. The third-order valence-electron chi connectivity index (χ3n) is 5.10. The molecular formula is C20H31ClN2O4S. The lowest BCUT2D eigenvalue weighted by Crippen LogP contribution is -2.32. The summed E-state index contributed by atoms with van der Waals surface area (Å²) in [6.45, 7) is 5.69. The van der Waals surface area contributed by atoms with Gasteiger partial charge in [-0.15, -0.1) is 0 Å². The van der Waals surface area contributed by atoms with Crippen LogP contribution in [0.25, 0.3) is 0 Å². The molecule has 0 spiro atoms. The average Bonchev–Trinajstić information content (AvgIpc) is 3.20. The number of rotatable bonds is 11. The molecule has 0 bridgehead atoms. The van der Waals surface area contributed by atoms with Gasteiger partial charge in [-0.1, -0.05) is 44.7 Å². The Hall–Kier alpha value is -1.15. The van der Waals surface area contributed by atoms with E-state index in [0.717, 1.165) is 38.5 Å². The Morgan fingerprint density at radius 3 is 2.79 bits per heavy atom. The van der Waals surface area contributed by atoms with E-state index in [1.165, 1.54) is 12.1 Å². The molecule has 1 amide bonds. The van der Waals surface area contributed by atoms with Crippen molar-refractivity contribution in [2.24, 2.45) is 5.92 Å². The van der Waals surface area contributed by atoms with Gasteiger partial charge in [-0.2, -0.15) is 0 Å². The molecule has 158 valence electrons. The fraction of sp³-hybridized carbons (Fsp3) is 0.650. The highest BCUT2D eigenvalue weighted by Gasteiger charge is 2.23. The molecule has 2 rings (SSSR count). The van der Waals surface area contributed by atoms with Gasteiger partial charge in [0.1, 0.15) is 4.90 Å². The number of hydrogen-bond acceptors (Lipinski definition) is 4. The van der Waals surface area contributed by atoms with Gasteiger partial charge in [-0.3, -0.25) is 4.79 Å². The Labute approximate surface area is 173 Å². The number of amides is 1. The molecule has 1 aliphatic rings. The van der Waals surface area contributed by atoms with Gasteiger partial charge in [-0.05, 0) is 43.4 Å². The van der Waals surface area contributed by atoms with Crippen LogP contribution >= 0.6 is 11.6 Å². The van der Waals surface area contributed by atoms with Crippen LogP contribution in [-0.4, -0.2) is 40.1 Å². The van der Waals surface area contributed by atoms with E-state index in [2.05, 4.69) is 23.9 Å². The van der Waals surface area contributed by atoms with E-state index in [4.69, 9.17) is 16.3 Å². The van der Waals surface area contributed by atoms with Gasteiger partial charge < -0.3 is 10.1 Å². The molecule has 0 aliphatic carbocycles. The number of benzene rings is 1. The molecule has 1 fully saturated rings. The molecule has 1 heterocycles. The summed E-state index contributed by atoms with van der Waals surface area (Å²) >= 11 is 6.11.